The Labute approximate surface area is 112 Å². The van der Waals surface area contributed by atoms with Crippen LogP contribution in [0.15, 0.2) is 48.5 Å². The summed E-state index contributed by atoms with van der Waals surface area (Å²) in [4.78, 5) is 0. The average molecular weight is 206 g/mol. The van der Waals surface area contributed by atoms with Gasteiger partial charge in [0, 0.05) is 5.75 Å². The molecule has 0 N–H and O–H groups in total. The van der Waals surface area contributed by atoms with Gasteiger partial charge in [0.1, 0.15) is 5.75 Å². The van der Waals surface area contributed by atoms with Crippen LogP contribution in [0.3, 0.4) is 0 Å². The van der Waals surface area contributed by atoms with Gasteiger partial charge in [-0.1, -0.05) is 25.1 Å². The number of para-hydroxylation sites is 1. The number of hydrogen-bond donors (Lipinski definition) is 0. The van der Waals surface area contributed by atoms with Crippen molar-refractivity contribution in [3.63, 3.8) is 0 Å². The Morgan fingerprint density at radius 3 is 2.40 bits per heavy atom. The first-order chi connectivity index (χ1) is 6.84. The van der Waals surface area contributed by atoms with Gasteiger partial charge in [0.25, 0.3) is 0 Å². The van der Waals surface area contributed by atoms with Crippen molar-refractivity contribution >= 4 is 0 Å². The second-order valence-corrected chi connectivity index (χ2v) is 3.12. The van der Waals surface area contributed by atoms with Crippen LogP contribution in [-0.2, 0) is 0 Å². The normalized spacial score (nSPS) is 9.13. The molecule has 70 valence electrons. The van der Waals surface area contributed by atoms with E-state index < -0.39 is 0 Å². The number of hydrogen-bond acceptors (Lipinski definition) is 1. The summed E-state index contributed by atoms with van der Waals surface area (Å²) >= 11 is 0. The number of ether oxygens (including phenoxy) is 1. The third-order valence-corrected chi connectivity index (χ3v) is 1.90. The molecule has 0 aromatic heterocycles. The maximum atomic E-state index is 5.64. The first kappa shape index (κ1) is 12.3. The van der Waals surface area contributed by atoms with Gasteiger partial charge in [-0.25, -0.2) is 0 Å². The van der Waals surface area contributed by atoms with Crippen molar-refractivity contribution in [3.05, 3.63) is 60.2 Å². The number of aryl methyl sites for hydroxylation is 1. The van der Waals surface area contributed by atoms with E-state index in [4.69, 9.17) is 4.74 Å². The first-order valence-electron chi connectivity index (χ1n) is 4.56. The Kier molecular flexibility index (Phi) is 4.89. The third-order valence-electron chi connectivity index (χ3n) is 1.90. The average Bonchev–Trinajstić information content (AvgIpc) is 2.19. The molecule has 0 spiro atoms. The second kappa shape index (κ2) is 5.96. The standard InChI is InChI=1S/C13H11O.Na/c1-11-6-5-9-13(10-11)14-12-7-3-2-4-8-12;/h2-5,7-10H,1H3;/q-1;+1. The molecule has 0 amide bonds. The summed E-state index contributed by atoms with van der Waals surface area (Å²) < 4.78 is 5.64. The molecule has 0 saturated heterocycles. The van der Waals surface area contributed by atoms with Crippen molar-refractivity contribution < 1.29 is 34.3 Å². The molecule has 2 rings (SSSR count). The molecule has 0 bridgehead atoms. The van der Waals surface area contributed by atoms with E-state index in [1.54, 1.807) is 0 Å². The Bertz CT molecular complexity index is 412. The Balaban J connectivity index is 0.00000112. The van der Waals surface area contributed by atoms with Crippen LogP contribution in [0.2, 0.25) is 0 Å². The molecular weight excluding hydrogens is 195 g/mol. The van der Waals surface area contributed by atoms with Crippen LogP contribution < -0.4 is 34.3 Å². The minimum Gasteiger partial charge on any atom is -0.483 e. The summed E-state index contributed by atoms with van der Waals surface area (Å²) in [6.45, 7) is 2.00. The van der Waals surface area contributed by atoms with E-state index >= 15 is 0 Å². The Hall–Kier alpha value is -0.760. The monoisotopic (exact) mass is 206 g/mol. The minimum absolute atomic E-state index is 0. The van der Waals surface area contributed by atoms with Crippen LogP contribution >= 0.6 is 0 Å². The van der Waals surface area contributed by atoms with E-state index in [0.29, 0.717) is 0 Å². The number of benzene rings is 2. The van der Waals surface area contributed by atoms with E-state index in [1.807, 2.05) is 55.5 Å². The van der Waals surface area contributed by atoms with E-state index in [0.717, 1.165) is 17.1 Å². The molecule has 0 radical (unpaired) electrons. The minimum atomic E-state index is 0. The fraction of sp³-hybridized carbons (Fsp3) is 0.0769. The van der Waals surface area contributed by atoms with Gasteiger partial charge in [0.2, 0.25) is 0 Å². The van der Waals surface area contributed by atoms with Gasteiger partial charge in [0.15, 0.2) is 0 Å². The predicted octanol–water partition coefficient (Wildman–Crippen LogP) is 0.592. The predicted molar refractivity (Wildman–Crippen MR) is 56.5 cm³/mol. The van der Waals surface area contributed by atoms with Gasteiger partial charge in [-0.2, -0.15) is 17.7 Å². The first-order valence-corrected chi connectivity index (χ1v) is 4.56. The van der Waals surface area contributed by atoms with Gasteiger partial charge in [-0.3, -0.25) is 0 Å². The zero-order chi connectivity index (χ0) is 9.80. The van der Waals surface area contributed by atoms with Gasteiger partial charge < -0.3 is 4.74 Å². The van der Waals surface area contributed by atoms with Crippen molar-refractivity contribution in [2.24, 2.45) is 0 Å². The molecule has 0 aliphatic rings. The van der Waals surface area contributed by atoms with E-state index in [1.165, 1.54) is 0 Å². The molecule has 2 heteroatoms. The molecule has 0 aliphatic heterocycles. The molecule has 1 nitrogen and oxygen atoms in total. The van der Waals surface area contributed by atoms with Crippen LogP contribution in [0.5, 0.6) is 11.5 Å². The van der Waals surface area contributed by atoms with Gasteiger partial charge in [0.05, 0.1) is 0 Å². The van der Waals surface area contributed by atoms with Crippen LogP contribution in [0.1, 0.15) is 5.56 Å². The zero-order valence-electron chi connectivity index (χ0n) is 9.03. The molecule has 0 aliphatic carbocycles. The van der Waals surface area contributed by atoms with Crippen molar-refractivity contribution in [1.82, 2.24) is 0 Å². The van der Waals surface area contributed by atoms with Gasteiger partial charge in [-0.15, -0.1) is 12.1 Å². The molecular formula is C13H11NaO. The van der Waals surface area contributed by atoms with Gasteiger partial charge >= 0.3 is 29.6 Å². The summed E-state index contributed by atoms with van der Waals surface area (Å²) in [5, 5.41) is 0. The quantitative estimate of drug-likeness (QED) is 0.516. The summed E-state index contributed by atoms with van der Waals surface area (Å²) in [5.41, 5.74) is 1.08. The second-order valence-electron chi connectivity index (χ2n) is 3.12. The van der Waals surface area contributed by atoms with Crippen LogP contribution in [0.25, 0.3) is 0 Å². The van der Waals surface area contributed by atoms with Crippen molar-refractivity contribution in [1.29, 1.82) is 0 Å². The van der Waals surface area contributed by atoms with Crippen molar-refractivity contribution in [2.75, 3.05) is 0 Å². The van der Waals surface area contributed by atoms with Crippen LogP contribution in [-0.4, -0.2) is 0 Å². The molecule has 2 aromatic rings. The SMILES string of the molecule is Cc1[c-]ccc(Oc2ccccc2)c1.[Na+]. The molecule has 0 heterocycles. The van der Waals surface area contributed by atoms with Crippen molar-refractivity contribution in [2.45, 2.75) is 6.92 Å². The van der Waals surface area contributed by atoms with E-state index in [2.05, 4.69) is 6.07 Å². The Morgan fingerprint density at radius 2 is 1.73 bits per heavy atom. The van der Waals surface area contributed by atoms with Crippen LogP contribution in [0.4, 0.5) is 0 Å². The Morgan fingerprint density at radius 1 is 1.00 bits per heavy atom. The maximum Gasteiger partial charge on any atom is 1.00 e. The van der Waals surface area contributed by atoms with E-state index in [9.17, 15) is 0 Å². The molecule has 2 aromatic carbocycles. The molecule has 0 unspecified atom stereocenters. The summed E-state index contributed by atoms with van der Waals surface area (Å²) in [6.07, 6.45) is 0. The molecule has 0 atom stereocenters. The topological polar surface area (TPSA) is 9.23 Å². The van der Waals surface area contributed by atoms with Crippen LogP contribution in [0, 0.1) is 13.0 Å². The molecule has 0 saturated carbocycles. The third kappa shape index (κ3) is 3.71. The van der Waals surface area contributed by atoms with E-state index in [-0.39, 0.29) is 29.6 Å². The fourth-order valence-electron chi connectivity index (χ4n) is 1.25. The smallest absolute Gasteiger partial charge is 0.483 e. The molecule has 0 fully saturated rings. The molecule has 15 heavy (non-hydrogen) atoms. The fourth-order valence-corrected chi connectivity index (χ4v) is 1.25. The largest absolute Gasteiger partial charge is 1.00 e. The number of rotatable bonds is 2. The van der Waals surface area contributed by atoms with Crippen molar-refractivity contribution in [3.8, 4) is 11.5 Å². The zero-order valence-corrected chi connectivity index (χ0v) is 11.0. The maximum absolute atomic E-state index is 5.64. The van der Waals surface area contributed by atoms with Gasteiger partial charge in [-0.05, 0) is 12.1 Å². The summed E-state index contributed by atoms with van der Waals surface area (Å²) in [7, 11) is 0. The summed E-state index contributed by atoms with van der Waals surface area (Å²) in [5.74, 6) is 1.71. The summed E-state index contributed by atoms with van der Waals surface area (Å²) in [6, 6.07) is 18.6.